The first-order valence-electron chi connectivity index (χ1n) is 6.40. The second-order valence-corrected chi connectivity index (χ2v) is 4.49. The molecule has 0 bridgehead atoms. The van der Waals surface area contributed by atoms with Crippen molar-refractivity contribution < 1.29 is 4.74 Å². The Labute approximate surface area is 107 Å². The summed E-state index contributed by atoms with van der Waals surface area (Å²) in [4.78, 5) is 8.22. The van der Waals surface area contributed by atoms with E-state index in [4.69, 9.17) is 10.5 Å². The number of anilines is 3. The Bertz CT molecular complexity index is 398. The lowest BCUT2D eigenvalue weighted by Crippen LogP contribution is -2.23. The predicted octanol–water partition coefficient (Wildman–Crippen LogP) is 1.33. The Hall–Kier alpha value is -1.56. The first-order valence-corrected chi connectivity index (χ1v) is 6.40. The van der Waals surface area contributed by atoms with Gasteiger partial charge >= 0.3 is 0 Å². The molecule has 6 nitrogen and oxygen atoms in total. The highest BCUT2D eigenvalue weighted by molar-refractivity contribution is 5.50. The van der Waals surface area contributed by atoms with E-state index in [0.717, 1.165) is 37.6 Å². The number of ether oxygens (including phenoxy) is 1. The molecule has 100 valence electrons. The summed E-state index contributed by atoms with van der Waals surface area (Å²) in [7, 11) is 1.81. The van der Waals surface area contributed by atoms with Crippen LogP contribution in [0.2, 0.25) is 0 Å². The second kappa shape index (κ2) is 5.86. The number of hydrogen-bond acceptors (Lipinski definition) is 6. The normalized spacial score (nSPS) is 23.0. The molecular formula is C12H21N5O. The molecule has 2 heterocycles. The standard InChI is InChI=1S/C12H21N5O/c1-3-9-8(4-5-18-9)7-15-11-6-10(14-2)16-12(13)17-11/h6,8-9H,3-5,7H2,1-2H3,(H4,13,14,15,16,17). The van der Waals surface area contributed by atoms with Crippen molar-refractivity contribution in [2.75, 3.05) is 36.6 Å². The molecule has 2 rings (SSSR count). The van der Waals surface area contributed by atoms with Crippen LogP contribution in [-0.2, 0) is 4.74 Å². The zero-order valence-corrected chi connectivity index (χ0v) is 10.9. The minimum Gasteiger partial charge on any atom is -0.378 e. The van der Waals surface area contributed by atoms with Crippen LogP contribution in [0.4, 0.5) is 17.6 Å². The number of rotatable bonds is 5. The number of nitrogens with two attached hydrogens (primary N) is 1. The number of nitrogens with one attached hydrogen (secondary N) is 2. The molecule has 4 N–H and O–H groups in total. The van der Waals surface area contributed by atoms with Gasteiger partial charge in [-0.2, -0.15) is 9.97 Å². The van der Waals surface area contributed by atoms with E-state index in [9.17, 15) is 0 Å². The smallest absolute Gasteiger partial charge is 0.223 e. The van der Waals surface area contributed by atoms with E-state index in [2.05, 4.69) is 27.5 Å². The van der Waals surface area contributed by atoms with Crippen LogP contribution in [0.3, 0.4) is 0 Å². The van der Waals surface area contributed by atoms with Gasteiger partial charge in [0.25, 0.3) is 0 Å². The van der Waals surface area contributed by atoms with Gasteiger partial charge in [0.2, 0.25) is 5.95 Å². The van der Waals surface area contributed by atoms with Gasteiger partial charge in [-0.15, -0.1) is 0 Å². The lowest BCUT2D eigenvalue weighted by atomic mass is 10.00. The van der Waals surface area contributed by atoms with E-state index in [1.54, 1.807) is 0 Å². The van der Waals surface area contributed by atoms with Gasteiger partial charge in [0, 0.05) is 32.2 Å². The van der Waals surface area contributed by atoms with Crippen LogP contribution in [0.15, 0.2) is 6.07 Å². The maximum atomic E-state index is 5.66. The molecule has 0 spiro atoms. The van der Waals surface area contributed by atoms with Gasteiger partial charge in [-0.1, -0.05) is 6.92 Å². The summed E-state index contributed by atoms with van der Waals surface area (Å²) in [5.41, 5.74) is 5.65. The van der Waals surface area contributed by atoms with Crippen molar-refractivity contribution in [3.8, 4) is 0 Å². The van der Waals surface area contributed by atoms with E-state index in [1.165, 1.54) is 0 Å². The summed E-state index contributed by atoms with van der Waals surface area (Å²) >= 11 is 0. The topological polar surface area (TPSA) is 85.1 Å². The number of nitrogen functional groups attached to an aromatic ring is 1. The van der Waals surface area contributed by atoms with Gasteiger partial charge in [-0.3, -0.25) is 0 Å². The van der Waals surface area contributed by atoms with Crippen LogP contribution in [0.5, 0.6) is 0 Å². The first-order chi connectivity index (χ1) is 8.72. The highest BCUT2D eigenvalue weighted by Crippen LogP contribution is 2.24. The van der Waals surface area contributed by atoms with Crippen molar-refractivity contribution in [2.45, 2.75) is 25.9 Å². The summed E-state index contributed by atoms with van der Waals surface area (Å²) in [5, 5.41) is 6.28. The van der Waals surface area contributed by atoms with E-state index in [1.807, 2.05) is 13.1 Å². The molecule has 2 atom stereocenters. The predicted molar refractivity (Wildman–Crippen MR) is 72.6 cm³/mol. The Balaban J connectivity index is 1.95. The van der Waals surface area contributed by atoms with Gasteiger partial charge in [0.05, 0.1) is 6.10 Å². The number of aromatic nitrogens is 2. The van der Waals surface area contributed by atoms with Gasteiger partial charge in [0.1, 0.15) is 11.6 Å². The molecule has 1 fully saturated rings. The Kier molecular flexibility index (Phi) is 4.19. The molecule has 0 radical (unpaired) electrons. The Morgan fingerprint density at radius 1 is 1.44 bits per heavy atom. The SMILES string of the molecule is CCC1OCCC1CNc1cc(NC)nc(N)n1. The maximum Gasteiger partial charge on any atom is 0.223 e. The molecule has 18 heavy (non-hydrogen) atoms. The lowest BCUT2D eigenvalue weighted by Gasteiger charge is -2.17. The van der Waals surface area contributed by atoms with Gasteiger partial charge in [-0.05, 0) is 12.8 Å². The van der Waals surface area contributed by atoms with E-state index < -0.39 is 0 Å². The van der Waals surface area contributed by atoms with Gasteiger partial charge in [-0.25, -0.2) is 0 Å². The molecule has 2 unspecified atom stereocenters. The van der Waals surface area contributed by atoms with Crippen molar-refractivity contribution in [1.29, 1.82) is 0 Å². The van der Waals surface area contributed by atoms with Crippen LogP contribution in [-0.4, -0.2) is 36.3 Å². The average molecular weight is 251 g/mol. The monoisotopic (exact) mass is 251 g/mol. The molecule has 1 aromatic rings. The summed E-state index contributed by atoms with van der Waals surface area (Å²) < 4.78 is 5.66. The van der Waals surface area contributed by atoms with Crippen LogP contribution >= 0.6 is 0 Å². The molecule has 1 aromatic heterocycles. The highest BCUT2D eigenvalue weighted by Gasteiger charge is 2.26. The zero-order valence-electron chi connectivity index (χ0n) is 10.9. The molecule has 6 heteroatoms. The summed E-state index contributed by atoms with van der Waals surface area (Å²) in [6.45, 7) is 3.88. The minimum atomic E-state index is 0.277. The molecule has 0 amide bonds. The average Bonchev–Trinajstić information content (AvgIpc) is 2.83. The van der Waals surface area contributed by atoms with Crippen LogP contribution in [0.1, 0.15) is 19.8 Å². The Morgan fingerprint density at radius 2 is 2.22 bits per heavy atom. The highest BCUT2D eigenvalue weighted by atomic mass is 16.5. The summed E-state index contributed by atoms with van der Waals surface area (Å²) in [5.74, 6) is 2.30. The van der Waals surface area contributed by atoms with Gasteiger partial charge in [0.15, 0.2) is 0 Å². The number of hydrogen-bond donors (Lipinski definition) is 3. The molecule has 1 aliphatic heterocycles. The molecular weight excluding hydrogens is 230 g/mol. The van der Waals surface area contributed by atoms with Crippen LogP contribution in [0.25, 0.3) is 0 Å². The van der Waals surface area contributed by atoms with Crippen molar-refractivity contribution in [3.05, 3.63) is 6.07 Å². The largest absolute Gasteiger partial charge is 0.378 e. The molecule has 1 aliphatic rings. The second-order valence-electron chi connectivity index (χ2n) is 4.49. The van der Waals surface area contributed by atoms with E-state index in [-0.39, 0.29) is 5.95 Å². The molecule has 1 saturated heterocycles. The van der Waals surface area contributed by atoms with Crippen molar-refractivity contribution in [3.63, 3.8) is 0 Å². The Morgan fingerprint density at radius 3 is 2.94 bits per heavy atom. The molecule has 0 aromatic carbocycles. The lowest BCUT2D eigenvalue weighted by molar-refractivity contribution is 0.0900. The first kappa shape index (κ1) is 12.9. The van der Waals surface area contributed by atoms with E-state index >= 15 is 0 Å². The third kappa shape index (κ3) is 3.01. The quantitative estimate of drug-likeness (QED) is 0.732. The molecule has 0 aliphatic carbocycles. The third-order valence-electron chi connectivity index (χ3n) is 3.29. The number of nitrogens with zero attached hydrogens (tertiary/aromatic N) is 2. The zero-order chi connectivity index (χ0) is 13.0. The van der Waals surface area contributed by atoms with Crippen molar-refractivity contribution in [2.24, 2.45) is 5.92 Å². The fourth-order valence-electron chi connectivity index (χ4n) is 2.30. The maximum absolute atomic E-state index is 5.66. The van der Waals surface area contributed by atoms with Crippen LogP contribution < -0.4 is 16.4 Å². The third-order valence-corrected chi connectivity index (χ3v) is 3.29. The molecule has 0 saturated carbocycles. The van der Waals surface area contributed by atoms with Crippen LogP contribution in [0, 0.1) is 5.92 Å². The summed E-state index contributed by atoms with van der Waals surface area (Å²) in [6, 6.07) is 1.85. The van der Waals surface area contributed by atoms with Gasteiger partial charge < -0.3 is 21.1 Å². The fraction of sp³-hybridized carbons (Fsp3) is 0.667. The van der Waals surface area contributed by atoms with Crippen molar-refractivity contribution in [1.82, 2.24) is 9.97 Å². The van der Waals surface area contributed by atoms with Crippen molar-refractivity contribution >= 4 is 17.6 Å². The minimum absolute atomic E-state index is 0.277. The van der Waals surface area contributed by atoms with E-state index in [0.29, 0.717) is 12.0 Å². The fourth-order valence-corrected chi connectivity index (χ4v) is 2.30. The summed E-state index contributed by atoms with van der Waals surface area (Å²) in [6.07, 6.45) is 2.52.